The summed E-state index contributed by atoms with van der Waals surface area (Å²) in [7, 11) is 0. The first-order valence-corrected chi connectivity index (χ1v) is 9.65. The van der Waals surface area contributed by atoms with Crippen molar-refractivity contribution >= 4 is 29.3 Å². The number of pyridine rings is 1. The second kappa shape index (κ2) is 7.47. The summed E-state index contributed by atoms with van der Waals surface area (Å²) in [6, 6.07) is 3.77. The smallest absolute Gasteiger partial charge is 0.308 e. The summed E-state index contributed by atoms with van der Waals surface area (Å²) >= 11 is 1.52. The van der Waals surface area contributed by atoms with E-state index in [1.807, 2.05) is 42.8 Å². The van der Waals surface area contributed by atoms with Gasteiger partial charge in [-0.25, -0.2) is 4.98 Å². The summed E-state index contributed by atoms with van der Waals surface area (Å²) in [5.41, 5.74) is 3.02. The fourth-order valence-electron chi connectivity index (χ4n) is 3.38. The van der Waals surface area contributed by atoms with Crippen LogP contribution < -0.4 is 0 Å². The molecule has 0 saturated carbocycles. The third kappa shape index (κ3) is 3.98. The normalized spacial score (nSPS) is 20.8. The Labute approximate surface area is 151 Å². The number of piperidine rings is 1. The monoisotopic (exact) mass is 361 g/mol. The number of rotatable bonds is 5. The molecule has 2 atom stereocenters. The minimum Gasteiger partial charge on any atom is -0.481 e. The topological polar surface area (TPSA) is 74.9 Å². The lowest BCUT2D eigenvalue weighted by Crippen LogP contribution is -2.49. The zero-order valence-electron chi connectivity index (χ0n) is 14.5. The molecule has 3 rings (SSSR count). The van der Waals surface area contributed by atoms with Crippen LogP contribution in [0.2, 0.25) is 0 Å². The Hall–Kier alpha value is -2.02. The molecule has 7 heteroatoms. The number of nitrogens with zero attached hydrogens (tertiary/aromatic N) is 3. The maximum atomic E-state index is 12.5. The molecular formula is C18H23N3O3S. The summed E-state index contributed by atoms with van der Waals surface area (Å²) in [6.45, 7) is 4.53. The molecule has 2 aromatic rings. The third-order valence-electron chi connectivity index (χ3n) is 4.75. The van der Waals surface area contributed by atoms with Crippen molar-refractivity contribution in [3.8, 4) is 0 Å². The number of hydrogen-bond donors (Lipinski definition) is 1. The first-order valence-electron chi connectivity index (χ1n) is 8.50. The van der Waals surface area contributed by atoms with Gasteiger partial charge in [0.1, 0.15) is 5.65 Å². The summed E-state index contributed by atoms with van der Waals surface area (Å²) in [4.78, 5) is 30.0. The number of aromatic nitrogens is 2. The quantitative estimate of drug-likeness (QED) is 0.886. The third-order valence-corrected chi connectivity index (χ3v) is 5.70. The van der Waals surface area contributed by atoms with Crippen molar-refractivity contribution in [1.29, 1.82) is 0 Å². The molecule has 134 valence electrons. The summed E-state index contributed by atoms with van der Waals surface area (Å²) in [6.07, 6.45) is 5.42. The average molecular weight is 361 g/mol. The molecule has 2 aromatic heterocycles. The second-order valence-electron chi connectivity index (χ2n) is 6.61. The van der Waals surface area contributed by atoms with Gasteiger partial charge in [-0.1, -0.05) is 6.07 Å². The number of carboxylic acids is 1. The van der Waals surface area contributed by atoms with Gasteiger partial charge in [0, 0.05) is 30.7 Å². The van der Waals surface area contributed by atoms with Crippen molar-refractivity contribution < 1.29 is 14.7 Å². The molecule has 6 nitrogen and oxygen atoms in total. The predicted molar refractivity (Wildman–Crippen MR) is 97.6 cm³/mol. The minimum absolute atomic E-state index is 0.0167. The highest BCUT2D eigenvalue weighted by Gasteiger charge is 2.34. The number of thioether (sulfide) groups is 1. The molecule has 25 heavy (non-hydrogen) atoms. The van der Waals surface area contributed by atoms with Gasteiger partial charge in [0.05, 0.1) is 17.4 Å². The number of likely N-dealkylation sites (tertiary alicyclic amines) is 1. The number of hydrogen-bond acceptors (Lipinski definition) is 4. The molecule has 1 aliphatic heterocycles. The van der Waals surface area contributed by atoms with Gasteiger partial charge in [0.15, 0.2) is 0 Å². The van der Waals surface area contributed by atoms with Crippen LogP contribution in [0.3, 0.4) is 0 Å². The van der Waals surface area contributed by atoms with Gasteiger partial charge in [-0.15, -0.1) is 11.8 Å². The van der Waals surface area contributed by atoms with E-state index in [2.05, 4.69) is 4.98 Å². The Morgan fingerprint density at radius 1 is 1.36 bits per heavy atom. The van der Waals surface area contributed by atoms with Crippen molar-refractivity contribution in [3.05, 3.63) is 35.8 Å². The number of aliphatic carboxylic acids is 1. The molecule has 1 saturated heterocycles. The van der Waals surface area contributed by atoms with E-state index < -0.39 is 11.9 Å². The van der Waals surface area contributed by atoms with Crippen LogP contribution in [-0.2, 0) is 15.3 Å². The van der Waals surface area contributed by atoms with E-state index in [1.165, 1.54) is 17.3 Å². The summed E-state index contributed by atoms with van der Waals surface area (Å²) in [5, 5.41) is 9.27. The van der Waals surface area contributed by atoms with Crippen molar-refractivity contribution in [3.63, 3.8) is 0 Å². The molecule has 0 bridgehead atoms. The van der Waals surface area contributed by atoms with Gasteiger partial charge >= 0.3 is 5.97 Å². The summed E-state index contributed by atoms with van der Waals surface area (Å²) < 4.78 is 2.00. The molecular weight excluding hydrogens is 338 g/mol. The molecule has 1 N–H and O–H groups in total. The standard InChI is InChI=1S/C18H23N3O3S/c1-12-5-6-16-19-14(9-20(16)8-12)10-25-11-17(22)21-7-3-4-15(13(21)2)18(23)24/h5-6,8-9,13,15H,3-4,7,10-11H2,1-2H3,(H,23,24)/t13-,15-/m1/s1. The van der Waals surface area contributed by atoms with Crippen molar-refractivity contribution in [2.45, 2.75) is 38.5 Å². The van der Waals surface area contributed by atoms with Crippen molar-refractivity contribution in [2.24, 2.45) is 5.92 Å². The van der Waals surface area contributed by atoms with Gasteiger partial charge in [-0.3, -0.25) is 9.59 Å². The summed E-state index contributed by atoms with van der Waals surface area (Å²) in [5.74, 6) is -0.231. The van der Waals surface area contributed by atoms with Crippen LogP contribution in [0.15, 0.2) is 24.5 Å². The Morgan fingerprint density at radius 2 is 2.16 bits per heavy atom. The first kappa shape index (κ1) is 17.8. The lowest BCUT2D eigenvalue weighted by molar-refractivity contribution is -0.148. The van der Waals surface area contributed by atoms with Gasteiger partial charge in [0.2, 0.25) is 5.91 Å². The van der Waals surface area contributed by atoms with Gasteiger partial charge in [0.25, 0.3) is 0 Å². The Balaban J connectivity index is 1.55. The van der Waals surface area contributed by atoms with Gasteiger partial charge < -0.3 is 14.4 Å². The Morgan fingerprint density at radius 3 is 2.92 bits per heavy atom. The molecule has 0 aromatic carbocycles. The number of fused-ring (bicyclic) bond motifs is 1. The average Bonchev–Trinajstić information content (AvgIpc) is 2.96. The van der Waals surface area contributed by atoms with E-state index in [9.17, 15) is 14.7 Å². The maximum Gasteiger partial charge on any atom is 0.308 e. The maximum absolute atomic E-state index is 12.5. The highest BCUT2D eigenvalue weighted by Crippen LogP contribution is 2.25. The highest BCUT2D eigenvalue weighted by atomic mass is 32.2. The number of carboxylic acid groups (broad SMARTS) is 1. The first-order chi connectivity index (χ1) is 12.0. The molecule has 3 heterocycles. The predicted octanol–water partition coefficient (Wildman–Crippen LogP) is 2.59. The van der Waals surface area contributed by atoms with Crippen molar-refractivity contribution in [1.82, 2.24) is 14.3 Å². The van der Waals surface area contributed by atoms with Gasteiger partial charge in [-0.05, 0) is 38.3 Å². The van der Waals surface area contributed by atoms with Crippen LogP contribution in [-0.4, -0.2) is 49.6 Å². The van der Waals surface area contributed by atoms with Crippen LogP contribution in [0, 0.1) is 12.8 Å². The van der Waals surface area contributed by atoms with Crippen LogP contribution in [0.5, 0.6) is 0 Å². The number of aryl methyl sites for hydroxylation is 1. The molecule has 0 spiro atoms. The van der Waals surface area contributed by atoms with E-state index in [-0.39, 0.29) is 11.9 Å². The number of amides is 1. The minimum atomic E-state index is -0.808. The zero-order valence-corrected chi connectivity index (χ0v) is 15.3. The molecule has 1 amide bonds. The largest absolute Gasteiger partial charge is 0.481 e. The zero-order chi connectivity index (χ0) is 18.0. The second-order valence-corrected chi connectivity index (χ2v) is 7.60. The molecule has 1 fully saturated rings. The van der Waals surface area contributed by atoms with Crippen LogP contribution in [0.1, 0.15) is 31.0 Å². The number of carbonyl (C=O) groups excluding carboxylic acids is 1. The van der Waals surface area contributed by atoms with E-state index in [4.69, 9.17) is 0 Å². The lowest BCUT2D eigenvalue weighted by atomic mass is 9.90. The van der Waals surface area contributed by atoms with Crippen LogP contribution in [0.4, 0.5) is 0 Å². The SMILES string of the molecule is Cc1ccc2nc(CSCC(=O)N3CCC[C@@H](C(=O)O)[C@H]3C)cn2c1. The fraction of sp³-hybridized carbons (Fsp3) is 0.500. The molecule has 0 unspecified atom stereocenters. The van der Waals surface area contributed by atoms with Crippen LogP contribution >= 0.6 is 11.8 Å². The van der Waals surface area contributed by atoms with E-state index in [0.29, 0.717) is 24.5 Å². The number of carbonyl (C=O) groups is 2. The highest BCUT2D eigenvalue weighted by molar-refractivity contribution is 7.99. The van der Waals surface area contributed by atoms with E-state index in [0.717, 1.165) is 17.8 Å². The number of imidazole rings is 1. The fourth-order valence-corrected chi connectivity index (χ4v) is 4.17. The van der Waals surface area contributed by atoms with Crippen molar-refractivity contribution in [2.75, 3.05) is 12.3 Å². The Kier molecular flexibility index (Phi) is 5.32. The Bertz CT molecular complexity index is 789. The lowest BCUT2D eigenvalue weighted by Gasteiger charge is -2.37. The van der Waals surface area contributed by atoms with Gasteiger partial charge in [-0.2, -0.15) is 0 Å². The van der Waals surface area contributed by atoms with Crippen LogP contribution in [0.25, 0.3) is 5.65 Å². The molecule has 0 radical (unpaired) electrons. The van der Waals surface area contributed by atoms with E-state index in [1.54, 1.807) is 4.90 Å². The van der Waals surface area contributed by atoms with E-state index >= 15 is 0 Å². The molecule has 1 aliphatic rings. The molecule has 0 aliphatic carbocycles.